The maximum absolute atomic E-state index is 8.51. The molecule has 7 rings (SSSR count). The van der Waals surface area contributed by atoms with Crippen LogP contribution in [0.5, 0.6) is 0 Å². The van der Waals surface area contributed by atoms with Crippen LogP contribution >= 0.6 is 95.6 Å². The van der Waals surface area contributed by atoms with Crippen molar-refractivity contribution >= 4 is 132 Å². The van der Waals surface area contributed by atoms with Crippen molar-refractivity contribution in [2.45, 2.75) is 22.4 Å². The average molecular weight is 1080 g/mol. The number of hydrogen-bond donors (Lipinski definition) is 0. The van der Waals surface area contributed by atoms with Gasteiger partial charge in [-0.25, -0.2) is 0 Å². The van der Waals surface area contributed by atoms with Gasteiger partial charge in [0.15, 0.2) is 11.9 Å². The smallest absolute Gasteiger partial charge is 0.252 e. The molecular formula is C41H32Br6OSi2. The van der Waals surface area contributed by atoms with Crippen LogP contribution in [0, 0.1) is 0 Å². The summed E-state index contributed by atoms with van der Waals surface area (Å²) in [6, 6.07) is 63.6. The molecule has 0 saturated carbocycles. The van der Waals surface area contributed by atoms with Crippen LogP contribution in [0.2, 0.25) is 6.04 Å². The molecule has 252 valence electrons. The van der Waals surface area contributed by atoms with E-state index in [1.165, 1.54) is 20.7 Å². The second kappa shape index (κ2) is 14.8. The van der Waals surface area contributed by atoms with Gasteiger partial charge < -0.3 is 4.43 Å². The van der Waals surface area contributed by atoms with E-state index in [2.05, 4.69) is 265 Å². The summed E-state index contributed by atoms with van der Waals surface area (Å²) in [6.45, 7) is 0. The molecule has 1 nitrogen and oxygen atoms in total. The van der Waals surface area contributed by atoms with Crippen molar-refractivity contribution in [2.75, 3.05) is 0 Å². The first-order valence-electron chi connectivity index (χ1n) is 16.3. The molecule has 0 spiro atoms. The maximum Gasteiger partial charge on any atom is 0.252 e. The standard InChI is InChI=1S/C41H32Br6OSi2/c42-40(43,44)33-25-21-31(22-26-33)39(32-23-27-34(28-24-32)41(45,46)47)29-30-49(35-13-5-1-6-14-35,36-15-7-2-8-16-36)50(48-39,37-17-9-3-10-18-37)38-19-11-4-12-20-38/h1-28H,29-30H2. The van der Waals surface area contributed by atoms with Crippen molar-refractivity contribution < 1.29 is 4.43 Å². The van der Waals surface area contributed by atoms with E-state index in [0.717, 1.165) is 34.7 Å². The predicted molar refractivity (Wildman–Crippen MR) is 237 cm³/mol. The third-order valence-corrected chi connectivity index (χ3v) is 28.7. The SMILES string of the molecule is BrC(Br)(Br)c1ccc(C2(c3ccc(C(Br)(Br)Br)cc3)CC[Si](c3ccccc3)(c3ccccc3)[Si](c3ccccc3)(c3ccccc3)O2)cc1. The fourth-order valence-electron chi connectivity index (χ4n) is 7.80. The fourth-order valence-corrected chi connectivity index (χ4v) is 27.5. The molecule has 1 fully saturated rings. The molecule has 0 radical (unpaired) electrons. The van der Waals surface area contributed by atoms with E-state index in [-0.39, 0.29) is 0 Å². The Balaban J connectivity index is 1.60. The number of hydrogen-bond acceptors (Lipinski definition) is 1. The molecule has 0 unspecified atom stereocenters. The van der Waals surface area contributed by atoms with Crippen LogP contribution in [-0.2, 0) is 14.3 Å². The number of rotatable bonds is 6. The van der Waals surface area contributed by atoms with E-state index >= 15 is 0 Å². The van der Waals surface area contributed by atoms with Crippen molar-refractivity contribution in [3.8, 4) is 0 Å². The molecule has 0 N–H and O–H groups in total. The van der Waals surface area contributed by atoms with Crippen molar-refractivity contribution in [3.05, 3.63) is 192 Å². The van der Waals surface area contributed by atoms with E-state index in [4.69, 9.17) is 4.43 Å². The molecule has 6 aromatic rings. The summed E-state index contributed by atoms with van der Waals surface area (Å²) < 4.78 is 7.47. The van der Waals surface area contributed by atoms with Gasteiger partial charge >= 0.3 is 0 Å². The molecule has 1 aliphatic heterocycles. The Morgan fingerprint density at radius 1 is 0.420 bits per heavy atom. The van der Waals surface area contributed by atoms with Gasteiger partial charge in [-0.3, -0.25) is 0 Å². The van der Waals surface area contributed by atoms with E-state index in [0.29, 0.717) is 0 Å². The summed E-state index contributed by atoms with van der Waals surface area (Å²) in [4.78, 5) is 0. The van der Waals surface area contributed by atoms with Crippen molar-refractivity contribution in [2.24, 2.45) is 0 Å². The molecule has 1 heterocycles. The third kappa shape index (κ3) is 6.66. The van der Waals surface area contributed by atoms with Crippen LogP contribution in [0.4, 0.5) is 0 Å². The fraction of sp³-hybridized carbons (Fsp3) is 0.122. The molecule has 0 amide bonds. The molecule has 0 aromatic heterocycles. The third-order valence-electron chi connectivity index (χ3n) is 10.0. The molecule has 6 aromatic carbocycles. The van der Waals surface area contributed by atoms with Crippen LogP contribution < -0.4 is 20.7 Å². The lowest BCUT2D eigenvalue weighted by Crippen LogP contribution is -2.89. The lowest BCUT2D eigenvalue weighted by molar-refractivity contribution is 0.0990. The Morgan fingerprint density at radius 2 is 0.740 bits per heavy atom. The lowest BCUT2D eigenvalue weighted by atomic mass is 9.83. The molecule has 0 aliphatic carbocycles. The summed E-state index contributed by atoms with van der Waals surface area (Å²) in [5.74, 6) is 0. The van der Waals surface area contributed by atoms with E-state index in [1.54, 1.807) is 0 Å². The zero-order valence-corrected chi connectivity index (χ0v) is 38.3. The van der Waals surface area contributed by atoms with E-state index in [1.807, 2.05) is 0 Å². The Hall–Kier alpha value is -1.41. The summed E-state index contributed by atoms with van der Waals surface area (Å²) in [7, 11) is -5.98. The second-order valence-corrected chi connectivity index (χ2v) is 37.0. The van der Waals surface area contributed by atoms with Gasteiger partial charge in [-0.2, -0.15) is 0 Å². The molecule has 1 aliphatic rings. The zero-order valence-electron chi connectivity index (χ0n) is 26.8. The Bertz CT molecular complexity index is 1900. The zero-order chi connectivity index (χ0) is 35.0. The highest BCUT2D eigenvalue weighted by Crippen LogP contribution is 2.51. The minimum absolute atomic E-state index is 0.520. The van der Waals surface area contributed by atoms with E-state index in [9.17, 15) is 0 Å². The molecular weight excluding hydrogens is 1040 g/mol. The Morgan fingerprint density at radius 3 is 1.06 bits per heavy atom. The van der Waals surface area contributed by atoms with Crippen LogP contribution in [0.25, 0.3) is 0 Å². The predicted octanol–water partition coefficient (Wildman–Crippen LogP) is 11.0. The van der Waals surface area contributed by atoms with Gasteiger partial charge in [-0.15, -0.1) is 0 Å². The quantitative estimate of drug-likeness (QED) is 0.119. The summed E-state index contributed by atoms with van der Waals surface area (Å²) in [6.07, 6.45) is 0.820. The monoisotopic (exact) mass is 1070 g/mol. The van der Waals surface area contributed by atoms with Gasteiger partial charge in [0, 0.05) is 0 Å². The normalized spacial score (nSPS) is 16.8. The van der Waals surface area contributed by atoms with Crippen LogP contribution in [0.3, 0.4) is 0 Å². The first-order chi connectivity index (χ1) is 24.0. The first-order valence-corrected chi connectivity index (χ1v) is 26.2. The van der Waals surface area contributed by atoms with Gasteiger partial charge in [-0.05, 0) is 45.1 Å². The molecule has 0 atom stereocenters. The summed E-state index contributed by atoms with van der Waals surface area (Å²) in [5.41, 5.74) is 3.67. The lowest BCUT2D eigenvalue weighted by Gasteiger charge is -2.58. The van der Waals surface area contributed by atoms with Crippen LogP contribution in [0.15, 0.2) is 170 Å². The van der Waals surface area contributed by atoms with Crippen molar-refractivity contribution in [1.29, 1.82) is 0 Å². The highest BCUT2D eigenvalue weighted by molar-refractivity contribution is 9.39. The molecule has 0 bridgehead atoms. The molecule has 1 saturated heterocycles. The summed E-state index contributed by atoms with van der Waals surface area (Å²) >= 11 is 22.4. The van der Waals surface area contributed by atoms with Crippen molar-refractivity contribution in [3.63, 3.8) is 0 Å². The van der Waals surface area contributed by atoms with E-state index < -0.39 is 25.3 Å². The minimum Gasteiger partial charge on any atom is -0.396 e. The largest absolute Gasteiger partial charge is 0.396 e. The van der Waals surface area contributed by atoms with Gasteiger partial charge in [-0.1, -0.05) is 276 Å². The number of alkyl halides is 6. The summed E-state index contributed by atoms with van der Waals surface area (Å²) in [5, 5.41) is 5.41. The number of halogens is 6. The topological polar surface area (TPSA) is 9.23 Å². The highest BCUT2D eigenvalue weighted by Gasteiger charge is 2.67. The molecule has 9 heteroatoms. The Labute approximate surface area is 347 Å². The van der Waals surface area contributed by atoms with Gasteiger partial charge in [0.25, 0.3) is 7.83 Å². The van der Waals surface area contributed by atoms with Gasteiger partial charge in [0.05, 0.1) is 0 Å². The maximum atomic E-state index is 8.51. The average Bonchev–Trinajstić information content (AvgIpc) is 3.15. The second-order valence-electron chi connectivity index (χ2n) is 12.6. The molecule has 50 heavy (non-hydrogen) atoms. The Kier molecular flexibility index (Phi) is 10.9. The van der Waals surface area contributed by atoms with Crippen LogP contribution in [0.1, 0.15) is 28.7 Å². The van der Waals surface area contributed by atoms with Gasteiger partial charge in [0.2, 0.25) is 0 Å². The highest BCUT2D eigenvalue weighted by atomic mass is 80.0. The minimum atomic E-state index is -3.21. The van der Waals surface area contributed by atoms with Crippen molar-refractivity contribution in [1.82, 2.24) is 0 Å². The first kappa shape index (κ1) is 36.9. The van der Waals surface area contributed by atoms with Crippen LogP contribution in [-0.4, -0.2) is 15.4 Å². The number of benzene rings is 6. The van der Waals surface area contributed by atoms with Gasteiger partial charge in [0.1, 0.15) is 5.60 Å².